The highest BCUT2D eigenvalue weighted by Gasteiger charge is 2.11. The maximum Gasteiger partial charge on any atom is 0.122 e. The predicted octanol–water partition coefficient (Wildman–Crippen LogP) is 5.53. The molecule has 0 fully saturated rings. The van der Waals surface area contributed by atoms with Gasteiger partial charge < -0.3 is 19.5 Å². The van der Waals surface area contributed by atoms with Crippen LogP contribution in [0.1, 0.15) is 16.7 Å². The number of nitrogens with one attached hydrogen (secondary N) is 1. The molecule has 32 heavy (non-hydrogen) atoms. The Hall–Kier alpha value is -3.57. The van der Waals surface area contributed by atoms with Crippen LogP contribution < -0.4 is 19.5 Å². The van der Waals surface area contributed by atoms with Crippen LogP contribution >= 0.6 is 0 Å². The summed E-state index contributed by atoms with van der Waals surface area (Å²) in [6.45, 7) is 3.45. The second kappa shape index (κ2) is 9.71. The molecule has 4 aromatic rings. The third kappa shape index (κ3) is 4.84. The van der Waals surface area contributed by atoms with Gasteiger partial charge in [-0.25, -0.2) is 4.98 Å². The Kier molecular flexibility index (Phi) is 6.57. The van der Waals surface area contributed by atoms with E-state index in [9.17, 15) is 0 Å². The first-order valence-corrected chi connectivity index (χ1v) is 10.6. The zero-order valence-electron chi connectivity index (χ0n) is 18.9. The summed E-state index contributed by atoms with van der Waals surface area (Å²) >= 11 is 0. The van der Waals surface area contributed by atoms with Crippen molar-refractivity contribution in [2.75, 3.05) is 21.3 Å². The van der Waals surface area contributed by atoms with E-state index in [4.69, 9.17) is 19.2 Å². The number of aromatic nitrogens is 1. The number of ether oxygens (including phenoxy) is 3. The minimum absolute atomic E-state index is 0.678. The molecule has 0 atom stereocenters. The van der Waals surface area contributed by atoms with E-state index in [0.717, 1.165) is 50.5 Å². The van der Waals surface area contributed by atoms with Gasteiger partial charge in [0.15, 0.2) is 0 Å². The SMILES string of the molecule is COc1ccc(-c2nc3cc(C)ccc3cc2CNCc2cc(OC)cc(OC)c2)cc1. The highest BCUT2D eigenvalue weighted by molar-refractivity contribution is 5.84. The molecule has 0 bridgehead atoms. The number of rotatable bonds is 8. The number of nitrogens with zero attached hydrogens (tertiary/aromatic N) is 1. The van der Waals surface area contributed by atoms with E-state index in [1.165, 1.54) is 5.56 Å². The van der Waals surface area contributed by atoms with E-state index in [1.54, 1.807) is 21.3 Å². The van der Waals surface area contributed by atoms with Gasteiger partial charge in [0.05, 0.1) is 32.5 Å². The molecule has 1 heterocycles. The Morgan fingerprint density at radius 2 is 1.41 bits per heavy atom. The molecule has 0 spiro atoms. The minimum atomic E-state index is 0.678. The molecule has 1 N–H and O–H groups in total. The minimum Gasteiger partial charge on any atom is -0.497 e. The van der Waals surface area contributed by atoms with Gasteiger partial charge in [0.25, 0.3) is 0 Å². The molecular weight excluding hydrogens is 400 g/mol. The van der Waals surface area contributed by atoms with Crippen molar-refractivity contribution in [1.82, 2.24) is 10.3 Å². The molecule has 5 nitrogen and oxygen atoms in total. The van der Waals surface area contributed by atoms with Crippen LogP contribution in [-0.4, -0.2) is 26.3 Å². The molecule has 0 saturated carbocycles. The fraction of sp³-hybridized carbons (Fsp3) is 0.222. The first kappa shape index (κ1) is 21.7. The number of hydrogen-bond donors (Lipinski definition) is 1. The van der Waals surface area contributed by atoms with Crippen molar-refractivity contribution in [3.8, 4) is 28.5 Å². The van der Waals surface area contributed by atoms with Crippen molar-refractivity contribution in [1.29, 1.82) is 0 Å². The quantitative estimate of drug-likeness (QED) is 0.400. The first-order valence-electron chi connectivity index (χ1n) is 10.6. The number of hydrogen-bond acceptors (Lipinski definition) is 5. The van der Waals surface area contributed by atoms with Gasteiger partial charge in [-0.2, -0.15) is 0 Å². The Morgan fingerprint density at radius 1 is 0.719 bits per heavy atom. The highest BCUT2D eigenvalue weighted by Crippen LogP contribution is 2.28. The van der Waals surface area contributed by atoms with Gasteiger partial charge >= 0.3 is 0 Å². The summed E-state index contributed by atoms with van der Waals surface area (Å²) in [7, 11) is 5.00. The predicted molar refractivity (Wildman–Crippen MR) is 129 cm³/mol. The van der Waals surface area contributed by atoms with Gasteiger partial charge in [0.1, 0.15) is 17.2 Å². The second-order valence-corrected chi connectivity index (χ2v) is 7.75. The lowest BCUT2D eigenvalue weighted by molar-refractivity contribution is 0.393. The lowest BCUT2D eigenvalue weighted by atomic mass is 10.0. The Balaban J connectivity index is 1.64. The van der Waals surface area contributed by atoms with Crippen LogP contribution in [0.15, 0.2) is 66.7 Å². The standard InChI is InChI=1S/C27H28N2O3/c1-18-5-6-21-14-22(17-28-16-19-12-24(31-3)15-25(13-19)32-4)27(29-26(21)11-18)20-7-9-23(30-2)10-8-20/h5-15,28H,16-17H2,1-4H3. The summed E-state index contributed by atoms with van der Waals surface area (Å²) in [4.78, 5) is 5.02. The van der Waals surface area contributed by atoms with Gasteiger partial charge in [-0.15, -0.1) is 0 Å². The largest absolute Gasteiger partial charge is 0.497 e. The lowest BCUT2D eigenvalue weighted by Gasteiger charge is -2.14. The molecule has 1 aromatic heterocycles. The third-order valence-electron chi connectivity index (χ3n) is 5.47. The summed E-state index contributed by atoms with van der Waals surface area (Å²) in [5.74, 6) is 2.39. The van der Waals surface area contributed by atoms with Crippen LogP contribution in [0.5, 0.6) is 17.2 Å². The average Bonchev–Trinajstić information content (AvgIpc) is 2.83. The van der Waals surface area contributed by atoms with Crippen LogP contribution in [0.25, 0.3) is 22.2 Å². The number of methoxy groups -OCH3 is 3. The summed E-state index contributed by atoms with van der Waals surface area (Å²) in [6.07, 6.45) is 0. The summed E-state index contributed by atoms with van der Waals surface area (Å²) in [5.41, 5.74) is 6.47. The molecule has 5 heteroatoms. The van der Waals surface area contributed by atoms with Gasteiger partial charge in [-0.3, -0.25) is 0 Å². The molecule has 0 amide bonds. The van der Waals surface area contributed by atoms with Gasteiger partial charge in [0.2, 0.25) is 0 Å². The molecule has 0 aliphatic rings. The Bertz CT molecular complexity index is 1200. The summed E-state index contributed by atoms with van der Waals surface area (Å²) in [5, 5.41) is 4.69. The number of pyridine rings is 1. The summed E-state index contributed by atoms with van der Waals surface area (Å²) < 4.78 is 16.1. The van der Waals surface area contributed by atoms with Crippen LogP contribution in [0.4, 0.5) is 0 Å². The molecular formula is C27H28N2O3. The molecule has 0 saturated heterocycles. The Morgan fingerprint density at radius 3 is 2.06 bits per heavy atom. The van der Waals surface area contributed by atoms with E-state index in [2.05, 4.69) is 48.6 Å². The van der Waals surface area contributed by atoms with E-state index in [-0.39, 0.29) is 0 Å². The zero-order valence-corrected chi connectivity index (χ0v) is 18.9. The van der Waals surface area contributed by atoms with Gasteiger partial charge in [-0.05, 0) is 72.1 Å². The van der Waals surface area contributed by atoms with E-state index in [1.807, 2.05) is 30.3 Å². The average molecular weight is 429 g/mol. The smallest absolute Gasteiger partial charge is 0.122 e. The molecule has 0 radical (unpaired) electrons. The van der Waals surface area contributed by atoms with E-state index in [0.29, 0.717) is 13.1 Å². The first-order chi connectivity index (χ1) is 15.6. The Labute approximate surface area is 189 Å². The zero-order chi connectivity index (χ0) is 22.5. The topological polar surface area (TPSA) is 52.6 Å². The van der Waals surface area contributed by atoms with Gasteiger partial charge in [-0.1, -0.05) is 12.1 Å². The van der Waals surface area contributed by atoms with Crippen molar-refractivity contribution in [2.45, 2.75) is 20.0 Å². The van der Waals surface area contributed by atoms with Crippen LogP contribution in [-0.2, 0) is 13.1 Å². The summed E-state index contributed by atoms with van der Waals surface area (Å²) in [6, 6.07) is 22.6. The number of aryl methyl sites for hydroxylation is 1. The van der Waals surface area contributed by atoms with Crippen molar-refractivity contribution < 1.29 is 14.2 Å². The lowest BCUT2D eigenvalue weighted by Crippen LogP contribution is -2.14. The van der Waals surface area contributed by atoms with Crippen molar-refractivity contribution >= 4 is 10.9 Å². The fourth-order valence-electron chi connectivity index (χ4n) is 3.76. The van der Waals surface area contributed by atoms with Crippen molar-refractivity contribution in [3.05, 3.63) is 83.4 Å². The monoisotopic (exact) mass is 428 g/mol. The van der Waals surface area contributed by atoms with Crippen LogP contribution in [0, 0.1) is 6.92 Å². The molecule has 0 unspecified atom stereocenters. The molecule has 0 aliphatic heterocycles. The van der Waals surface area contributed by atoms with Crippen molar-refractivity contribution in [2.24, 2.45) is 0 Å². The number of benzene rings is 3. The molecule has 4 rings (SSSR count). The number of fused-ring (bicyclic) bond motifs is 1. The second-order valence-electron chi connectivity index (χ2n) is 7.75. The van der Waals surface area contributed by atoms with E-state index < -0.39 is 0 Å². The van der Waals surface area contributed by atoms with Crippen LogP contribution in [0.3, 0.4) is 0 Å². The van der Waals surface area contributed by atoms with Crippen LogP contribution in [0.2, 0.25) is 0 Å². The maximum atomic E-state index is 5.39. The molecule has 0 aliphatic carbocycles. The molecule has 164 valence electrons. The van der Waals surface area contributed by atoms with E-state index >= 15 is 0 Å². The van der Waals surface area contributed by atoms with Crippen molar-refractivity contribution in [3.63, 3.8) is 0 Å². The molecule has 3 aromatic carbocycles. The maximum absolute atomic E-state index is 5.39. The normalized spacial score (nSPS) is 10.9. The highest BCUT2D eigenvalue weighted by atomic mass is 16.5. The third-order valence-corrected chi connectivity index (χ3v) is 5.47. The fourth-order valence-corrected chi connectivity index (χ4v) is 3.76. The van der Waals surface area contributed by atoms with Gasteiger partial charge in [0, 0.05) is 30.1 Å².